The van der Waals surface area contributed by atoms with Crippen molar-refractivity contribution in [3.05, 3.63) is 95.6 Å². The third kappa shape index (κ3) is 6.20. The molecule has 0 unspecified atom stereocenters. The van der Waals surface area contributed by atoms with Crippen LogP contribution in [0.25, 0.3) is 0 Å². The number of anilines is 1. The average Bonchev–Trinajstić information content (AvgIpc) is 2.74. The Morgan fingerprint density at radius 3 is 2.32 bits per heavy atom. The minimum Gasteiger partial charge on any atom is -0.384 e. The van der Waals surface area contributed by atoms with E-state index in [1.165, 1.54) is 17.7 Å². The topological polar surface area (TPSA) is 54.0 Å². The number of hydrogen-bond acceptors (Lipinski definition) is 3. The number of benzene rings is 2. The van der Waals surface area contributed by atoms with Gasteiger partial charge in [-0.1, -0.05) is 42.5 Å². The average molecular weight is 377 g/mol. The summed E-state index contributed by atoms with van der Waals surface area (Å²) < 4.78 is 12.9. The number of aromatic nitrogens is 1. The molecule has 5 heteroatoms. The number of amides is 1. The molecule has 1 amide bonds. The summed E-state index contributed by atoms with van der Waals surface area (Å²) in [6.07, 6.45) is 4.37. The predicted molar refractivity (Wildman–Crippen MR) is 110 cm³/mol. The summed E-state index contributed by atoms with van der Waals surface area (Å²) in [6, 6.07) is 20.2. The van der Waals surface area contributed by atoms with Crippen LogP contribution in [0.2, 0.25) is 0 Å². The van der Waals surface area contributed by atoms with E-state index in [1.54, 1.807) is 24.4 Å². The molecule has 0 aliphatic carbocycles. The number of aryl methyl sites for hydroxylation is 1. The lowest BCUT2D eigenvalue weighted by molar-refractivity contribution is 0.0949. The van der Waals surface area contributed by atoms with E-state index in [2.05, 4.69) is 39.9 Å². The Hall–Kier alpha value is -3.21. The predicted octanol–water partition coefficient (Wildman–Crippen LogP) is 4.24. The first-order valence-electron chi connectivity index (χ1n) is 9.47. The van der Waals surface area contributed by atoms with Crippen LogP contribution >= 0.6 is 0 Å². The van der Waals surface area contributed by atoms with Gasteiger partial charge >= 0.3 is 0 Å². The van der Waals surface area contributed by atoms with Gasteiger partial charge in [0.25, 0.3) is 5.91 Å². The van der Waals surface area contributed by atoms with Crippen molar-refractivity contribution in [2.75, 3.05) is 18.4 Å². The molecule has 0 aliphatic heterocycles. The number of halogens is 1. The molecular weight excluding hydrogens is 353 g/mol. The fourth-order valence-electron chi connectivity index (χ4n) is 2.86. The molecule has 0 fully saturated rings. The van der Waals surface area contributed by atoms with Gasteiger partial charge in [-0.05, 0) is 54.7 Å². The lowest BCUT2D eigenvalue weighted by atomic mass is 10.1. The van der Waals surface area contributed by atoms with Crippen LogP contribution in [-0.2, 0) is 12.8 Å². The fraction of sp³-hybridized carbons (Fsp3) is 0.217. The molecular formula is C23H24FN3O. The van der Waals surface area contributed by atoms with E-state index in [4.69, 9.17) is 0 Å². The lowest BCUT2D eigenvalue weighted by Gasteiger charge is -2.08. The maximum atomic E-state index is 12.9. The summed E-state index contributed by atoms with van der Waals surface area (Å²) in [7, 11) is 0. The van der Waals surface area contributed by atoms with E-state index in [0.717, 1.165) is 30.6 Å². The van der Waals surface area contributed by atoms with E-state index in [0.29, 0.717) is 18.7 Å². The molecule has 0 bridgehead atoms. The number of nitrogens with zero attached hydrogens (tertiary/aromatic N) is 1. The number of hydrogen-bond donors (Lipinski definition) is 2. The van der Waals surface area contributed by atoms with E-state index in [1.807, 2.05) is 12.1 Å². The molecule has 3 rings (SSSR count). The summed E-state index contributed by atoms with van der Waals surface area (Å²) in [5, 5.41) is 6.16. The van der Waals surface area contributed by atoms with E-state index < -0.39 is 0 Å². The highest BCUT2D eigenvalue weighted by Gasteiger charge is 2.06. The van der Waals surface area contributed by atoms with Gasteiger partial charge < -0.3 is 10.6 Å². The van der Waals surface area contributed by atoms with Crippen LogP contribution in [0, 0.1) is 5.82 Å². The van der Waals surface area contributed by atoms with Gasteiger partial charge in [0.05, 0.1) is 11.9 Å². The van der Waals surface area contributed by atoms with Crippen molar-refractivity contribution in [1.29, 1.82) is 0 Å². The van der Waals surface area contributed by atoms with Gasteiger partial charge in [0.15, 0.2) is 0 Å². The molecule has 0 saturated carbocycles. The summed E-state index contributed by atoms with van der Waals surface area (Å²) in [6.45, 7) is 1.32. The van der Waals surface area contributed by atoms with Gasteiger partial charge in [-0.15, -0.1) is 0 Å². The molecule has 1 heterocycles. The molecule has 0 spiro atoms. The Morgan fingerprint density at radius 2 is 1.61 bits per heavy atom. The van der Waals surface area contributed by atoms with Crippen molar-refractivity contribution < 1.29 is 9.18 Å². The number of carbonyl (C=O) groups excluding carboxylic acids is 1. The first-order chi connectivity index (χ1) is 13.7. The zero-order valence-corrected chi connectivity index (χ0v) is 15.7. The summed E-state index contributed by atoms with van der Waals surface area (Å²) in [4.78, 5) is 16.4. The van der Waals surface area contributed by atoms with Crippen molar-refractivity contribution in [2.24, 2.45) is 0 Å². The second kappa shape index (κ2) is 10.2. The molecule has 4 nitrogen and oxygen atoms in total. The van der Waals surface area contributed by atoms with E-state index in [-0.39, 0.29) is 11.7 Å². The Balaban J connectivity index is 1.38. The minimum absolute atomic E-state index is 0.210. The van der Waals surface area contributed by atoms with E-state index in [9.17, 15) is 9.18 Å². The normalized spacial score (nSPS) is 10.5. The van der Waals surface area contributed by atoms with Gasteiger partial charge in [0.1, 0.15) is 11.5 Å². The van der Waals surface area contributed by atoms with Crippen molar-refractivity contribution in [2.45, 2.75) is 19.3 Å². The first-order valence-corrected chi connectivity index (χ1v) is 9.47. The highest BCUT2D eigenvalue weighted by atomic mass is 19.1. The standard InChI is InChI=1S/C23H24FN3O/c24-20-10-8-19(9-11-20)14-16-26-23(28)22-13-12-21(17-27-22)25-15-4-7-18-5-2-1-3-6-18/h1-3,5-6,8-13,17,25H,4,7,14-16H2,(H,26,28). The molecule has 1 aromatic heterocycles. The van der Waals surface area contributed by atoms with Crippen molar-refractivity contribution >= 4 is 11.6 Å². The van der Waals surface area contributed by atoms with Gasteiger partial charge in [-0.3, -0.25) is 4.79 Å². The van der Waals surface area contributed by atoms with Gasteiger partial charge in [-0.2, -0.15) is 0 Å². The largest absolute Gasteiger partial charge is 0.384 e. The van der Waals surface area contributed by atoms with Crippen molar-refractivity contribution in [1.82, 2.24) is 10.3 Å². The van der Waals surface area contributed by atoms with Crippen LogP contribution in [-0.4, -0.2) is 24.0 Å². The zero-order chi connectivity index (χ0) is 19.6. The second-order valence-corrected chi connectivity index (χ2v) is 6.58. The maximum absolute atomic E-state index is 12.9. The van der Waals surface area contributed by atoms with Crippen molar-refractivity contribution in [3.8, 4) is 0 Å². The molecule has 0 atom stereocenters. The Bertz CT molecular complexity index is 865. The third-order valence-electron chi connectivity index (χ3n) is 4.42. The molecule has 2 aromatic carbocycles. The second-order valence-electron chi connectivity index (χ2n) is 6.58. The third-order valence-corrected chi connectivity index (χ3v) is 4.42. The summed E-state index contributed by atoms with van der Waals surface area (Å²) in [5.74, 6) is -0.469. The number of nitrogens with one attached hydrogen (secondary N) is 2. The first kappa shape index (κ1) is 19.5. The summed E-state index contributed by atoms with van der Waals surface area (Å²) >= 11 is 0. The monoisotopic (exact) mass is 377 g/mol. The number of rotatable bonds is 9. The molecule has 144 valence electrons. The van der Waals surface area contributed by atoms with Crippen LogP contribution in [0.15, 0.2) is 72.9 Å². The van der Waals surface area contributed by atoms with Crippen LogP contribution in [0.4, 0.5) is 10.1 Å². The van der Waals surface area contributed by atoms with Crippen molar-refractivity contribution in [3.63, 3.8) is 0 Å². The van der Waals surface area contributed by atoms with Crippen LogP contribution in [0.5, 0.6) is 0 Å². The highest BCUT2D eigenvalue weighted by Crippen LogP contribution is 2.08. The van der Waals surface area contributed by atoms with Crippen LogP contribution in [0.3, 0.4) is 0 Å². The van der Waals surface area contributed by atoms with E-state index >= 15 is 0 Å². The maximum Gasteiger partial charge on any atom is 0.269 e. The molecule has 0 saturated heterocycles. The van der Waals surface area contributed by atoms with Gasteiger partial charge in [0, 0.05) is 13.1 Å². The Kier molecular flexibility index (Phi) is 7.13. The van der Waals surface area contributed by atoms with Crippen LogP contribution in [0.1, 0.15) is 28.0 Å². The Morgan fingerprint density at radius 1 is 0.857 bits per heavy atom. The minimum atomic E-state index is -0.259. The van der Waals surface area contributed by atoms with Crippen LogP contribution < -0.4 is 10.6 Å². The Labute approximate surface area is 164 Å². The van der Waals surface area contributed by atoms with Gasteiger partial charge in [-0.25, -0.2) is 9.37 Å². The lowest BCUT2D eigenvalue weighted by Crippen LogP contribution is -2.26. The SMILES string of the molecule is O=C(NCCc1ccc(F)cc1)c1ccc(NCCCc2ccccc2)cn1. The zero-order valence-electron chi connectivity index (χ0n) is 15.7. The fourth-order valence-corrected chi connectivity index (χ4v) is 2.86. The van der Waals surface area contributed by atoms with Gasteiger partial charge in [0.2, 0.25) is 0 Å². The highest BCUT2D eigenvalue weighted by molar-refractivity contribution is 5.92. The molecule has 2 N–H and O–H groups in total. The quantitative estimate of drug-likeness (QED) is 0.549. The number of pyridine rings is 1. The summed E-state index contributed by atoms with van der Waals surface area (Å²) in [5.41, 5.74) is 3.59. The molecule has 0 aliphatic rings. The molecule has 28 heavy (non-hydrogen) atoms. The number of carbonyl (C=O) groups is 1. The molecule has 3 aromatic rings. The molecule has 0 radical (unpaired) electrons. The smallest absolute Gasteiger partial charge is 0.269 e.